The van der Waals surface area contributed by atoms with Crippen molar-refractivity contribution in [3.05, 3.63) is 84.1 Å². The highest BCUT2D eigenvalue weighted by Gasteiger charge is 2.39. The molecule has 0 radical (unpaired) electrons. The van der Waals surface area contributed by atoms with E-state index in [0.717, 1.165) is 59.5 Å². The van der Waals surface area contributed by atoms with Gasteiger partial charge < -0.3 is 20.3 Å². The van der Waals surface area contributed by atoms with Crippen LogP contribution in [0.15, 0.2) is 73.0 Å². The lowest BCUT2D eigenvalue weighted by Crippen LogP contribution is -2.34. The minimum Gasteiger partial charge on any atom is -0.465 e. The number of hydrogen-bond donors (Lipinski definition) is 2. The first-order chi connectivity index (χ1) is 26.7. The largest absolute Gasteiger partial charge is 0.465 e. The lowest BCUT2D eigenvalue weighted by molar-refractivity contribution is -0.141. The third kappa shape index (κ3) is 10.6. The van der Waals surface area contributed by atoms with Crippen molar-refractivity contribution in [2.45, 2.75) is 88.6 Å². The van der Waals surface area contributed by atoms with E-state index >= 15 is 0 Å². The number of likely N-dealkylation sites (tertiary alicyclic amines) is 2. The summed E-state index contributed by atoms with van der Waals surface area (Å²) < 4.78 is 5.47. The Hall–Kier alpha value is -4.62. The van der Waals surface area contributed by atoms with E-state index < -0.39 is 11.2 Å². The first-order valence-corrected chi connectivity index (χ1v) is 21.2. The molecule has 3 atom stereocenters. The van der Waals surface area contributed by atoms with Gasteiger partial charge in [-0.15, -0.1) is 36.7 Å². The highest BCUT2D eigenvalue weighted by Crippen LogP contribution is 2.51. The van der Waals surface area contributed by atoms with Gasteiger partial charge in [-0.05, 0) is 74.3 Å². The average molecular weight is 801 g/mol. The fourth-order valence-corrected chi connectivity index (χ4v) is 9.55. The third-order valence-corrected chi connectivity index (χ3v) is 12.6. The number of imide groups is 1. The number of ether oxygens (including phenoxy) is 1. The minimum absolute atomic E-state index is 0.0298. The predicted octanol–water partition coefficient (Wildman–Crippen LogP) is 7.44. The summed E-state index contributed by atoms with van der Waals surface area (Å²) in [7, 11) is 0. The Morgan fingerprint density at radius 1 is 0.732 bits per heavy atom. The molecule has 2 aromatic carbocycles. The lowest BCUT2D eigenvalue weighted by atomic mass is 9.97. The van der Waals surface area contributed by atoms with Crippen molar-refractivity contribution in [1.29, 1.82) is 0 Å². The van der Waals surface area contributed by atoms with Gasteiger partial charge in [-0.1, -0.05) is 42.0 Å². The Kier molecular flexibility index (Phi) is 14.8. The maximum Gasteiger partial charge on any atom is 0.302 e. The zero-order chi connectivity index (χ0) is 40.5. The topological polar surface area (TPSA) is 142 Å². The third-order valence-electron chi connectivity index (χ3n) is 10.0. The Balaban J connectivity index is 1.27. The van der Waals surface area contributed by atoms with Crippen molar-refractivity contribution >= 4 is 70.4 Å². The molecule has 298 valence electrons. The second-order valence-corrected chi connectivity index (χ2v) is 17.3. The van der Waals surface area contributed by atoms with Crippen molar-refractivity contribution in [2.24, 2.45) is 0 Å². The second kappa shape index (κ2) is 19.5. The highest BCUT2D eigenvalue weighted by atomic mass is 32.2. The van der Waals surface area contributed by atoms with Crippen LogP contribution in [-0.4, -0.2) is 87.0 Å². The molecule has 2 aromatic rings. The molecule has 11 nitrogen and oxygen atoms in total. The van der Waals surface area contributed by atoms with Gasteiger partial charge in [0.1, 0.15) is 6.61 Å². The molecule has 2 N–H and O–H groups in total. The van der Waals surface area contributed by atoms with Crippen LogP contribution < -0.4 is 10.6 Å². The number of rotatable bonds is 20. The number of carbonyl (C=O) groups excluding carboxylic acids is 6. The molecule has 56 heavy (non-hydrogen) atoms. The summed E-state index contributed by atoms with van der Waals surface area (Å²) in [5, 5.41) is 5.37. The van der Waals surface area contributed by atoms with Crippen LogP contribution in [0, 0.1) is 0 Å². The zero-order valence-electron chi connectivity index (χ0n) is 32.6. The van der Waals surface area contributed by atoms with E-state index in [-0.39, 0.29) is 79.7 Å². The molecule has 2 saturated heterocycles. The van der Waals surface area contributed by atoms with E-state index in [0.29, 0.717) is 34.6 Å². The first-order valence-electron chi connectivity index (χ1n) is 19.1. The van der Waals surface area contributed by atoms with Crippen molar-refractivity contribution in [2.75, 3.05) is 41.8 Å². The summed E-state index contributed by atoms with van der Waals surface area (Å²) >= 11 is 3.09. The monoisotopic (exact) mass is 800 g/mol. The van der Waals surface area contributed by atoms with Crippen LogP contribution >= 0.6 is 23.5 Å². The molecule has 0 bridgehead atoms. The Morgan fingerprint density at radius 3 is 1.71 bits per heavy atom. The summed E-state index contributed by atoms with van der Waals surface area (Å²) in [6.45, 7) is 17.5. The second-order valence-electron chi connectivity index (χ2n) is 14.7. The highest BCUT2D eigenvalue weighted by molar-refractivity contribution is 8.00. The molecular weight excluding hydrogens is 749 g/mol. The number of carbonyl (C=O) groups is 6. The predicted molar refractivity (Wildman–Crippen MR) is 224 cm³/mol. The number of esters is 1. The molecular formula is C43H52N4O7S2. The molecule has 5 rings (SSSR count). The molecule has 2 fully saturated rings. The number of amides is 5. The van der Waals surface area contributed by atoms with Crippen molar-refractivity contribution in [1.82, 2.24) is 9.80 Å². The van der Waals surface area contributed by atoms with E-state index in [2.05, 4.69) is 30.4 Å². The molecule has 0 aromatic heterocycles. The minimum atomic E-state index is -0.445. The summed E-state index contributed by atoms with van der Waals surface area (Å²) in [6, 6.07) is 11.0. The molecule has 3 unspecified atom stereocenters. The van der Waals surface area contributed by atoms with Crippen LogP contribution in [0.1, 0.15) is 89.2 Å². The molecule has 2 heterocycles. The Bertz CT molecular complexity index is 1800. The molecule has 2 aliphatic heterocycles. The Labute approximate surface area is 338 Å². The van der Waals surface area contributed by atoms with Gasteiger partial charge >= 0.3 is 5.97 Å². The molecule has 1 aliphatic carbocycles. The first kappa shape index (κ1) is 42.5. The van der Waals surface area contributed by atoms with Crippen molar-refractivity contribution in [3.8, 4) is 11.1 Å². The summed E-state index contributed by atoms with van der Waals surface area (Å²) in [4.78, 5) is 80.6. The Morgan fingerprint density at radius 2 is 1.21 bits per heavy atom. The fraction of sp³-hybridized carbons (Fsp3) is 0.442. The van der Waals surface area contributed by atoms with Crippen LogP contribution in [-0.2, 0) is 33.5 Å². The van der Waals surface area contributed by atoms with E-state index in [1.165, 1.54) is 23.6 Å². The van der Waals surface area contributed by atoms with Crippen LogP contribution in [0.2, 0.25) is 0 Å². The lowest BCUT2D eigenvalue weighted by Gasteiger charge is -2.19. The van der Waals surface area contributed by atoms with Gasteiger partial charge in [0.15, 0.2) is 0 Å². The SMILES string of the molecule is C=C(C)CCCSC1CC(=C)N(CCC(=O)Nc2cccc3c2-c2c(NC(=O)CCN4C(=O)CC(SCCCC(=C)C)C4=O)cccc2C3COC(C)=O)C1=O. The van der Waals surface area contributed by atoms with Gasteiger partial charge in [-0.2, -0.15) is 0 Å². The maximum absolute atomic E-state index is 13.5. The van der Waals surface area contributed by atoms with E-state index in [9.17, 15) is 28.8 Å². The summed E-state index contributed by atoms with van der Waals surface area (Å²) in [5.74, 6) is -0.459. The van der Waals surface area contributed by atoms with Gasteiger partial charge in [0, 0.05) is 79.8 Å². The van der Waals surface area contributed by atoms with Gasteiger partial charge in [0.2, 0.25) is 29.5 Å². The number of fused-ring (bicyclic) bond motifs is 3. The molecule has 0 saturated carbocycles. The smallest absolute Gasteiger partial charge is 0.302 e. The standard InChI is InChI=1S/C43H52N4O7S2/c1-26(2)11-9-21-55-35-23-28(5)46(42(35)52)19-17-37(49)44-33-15-7-13-30-32(25-54-29(6)48)31-14-8-16-34(41(31)40(30)33)45-38(50)18-20-47-39(51)24-36(43(47)53)56-22-10-12-27(3)4/h7-8,13-16,32,35-36H,1,3,5,9-12,17-25H2,2,4,6H3,(H,44,49)(H,45,50). The van der Waals surface area contributed by atoms with Crippen LogP contribution in [0.5, 0.6) is 0 Å². The number of allylic oxidation sites excluding steroid dienone is 3. The quantitative estimate of drug-likeness (QED) is 0.0605. The summed E-state index contributed by atoms with van der Waals surface area (Å²) in [5.41, 5.74) is 6.88. The normalized spacial score (nSPS) is 18.6. The van der Waals surface area contributed by atoms with Crippen molar-refractivity contribution < 1.29 is 33.5 Å². The number of benzene rings is 2. The molecule has 5 amide bonds. The molecule has 0 spiro atoms. The zero-order valence-corrected chi connectivity index (χ0v) is 34.2. The van der Waals surface area contributed by atoms with Crippen LogP contribution in [0.3, 0.4) is 0 Å². The number of nitrogens with one attached hydrogen (secondary N) is 2. The van der Waals surface area contributed by atoms with Gasteiger partial charge in [0.25, 0.3) is 0 Å². The number of nitrogens with zero attached hydrogens (tertiary/aromatic N) is 2. The summed E-state index contributed by atoms with van der Waals surface area (Å²) in [6.07, 6.45) is 4.25. The average Bonchev–Trinajstić information content (AvgIpc) is 3.72. The number of anilines is 2. The maximum atomic E-state index is 13.5. The molecule has 3 aliphatic rings. The fourth-order valence-electron chi connectivity index (χ4n) is 7.24. The van der Waals surface area contributed by atoms with Gasteiger partial charge in [-0.3, -0.25) is 33.7 Å². The molecule has 13 heteroatoms. The number of thioether (sulfide) groups is 2. The van der Waals surface area contributed by atoms with E-state index in [1.54, 1.807) is 34.9 Å². The van der Waals surface area contributed by atoms with Crippen molar-refractivity contribution in [3.63, 3.8) is 0 Å². The van der Waals surface area contributed by atoms with Crippen LogP contribution in [0.4, 0.5) is 11.4 Å². The van der Waals surface area contributed by atoms with Crippen LogP contribution in [0.25, 0.3) is 11.1 Å². The number of hydrogen-bond acceptors (Lipinski definition) is 9. The van der Waals surface area contributed by atoms with Gasteiger partial charge in [0.05, 0.1) is 10.5 Å². The van der Waals surface area contributed by atoms with E-state index in [1.807, 2.05) is 32.0 Å². The van der Waals surface area contributed by atoms with E-state index in [4.69, 9.17) is 4.74 Å². The van der Waals surface area contributed by atoms with Gasteiger partial charge in [-0.25, -0.2) is 0 Å².